The van der Waals surface area contributed by atoms with Crippen molar-refractivity contribution in [3.05, 3.63) is 35.4 Å². The third kappa shape index (κ3) is 4.07. The molecule has 2 rings (SSSR count). The van der Waals surface area contributed by atoms with Crippen LogP contribution in [0, 0.1) is 12.8 Å². The molecule has 0 bridgehead atoms. The van der Waals surface area contributed by atoms with Crippen LogP contribution in [0.1, 0.15) is 43.7 Å². The Balaban J connectivity index is 1.99. The second-order valence-corrected chi connectivity index (χ2v) is 5.95. The average molecular weight is 274 g/mol. The minimum Gasteiger partial charge on any atom is -0.335 e. The summed E-state index contributed by atoms with van der Waals surface area (Å²) in [5.74, 6) is 0.590. The van der Waals surface area contributed by atoms with Crippen LogP contribution in [0.5, 0.6) is 0 Å². The van der Waals surface area contributed by atoms with Crippen LogP contribution in [0.25, 0.3) is 0 Å². The lowest BCUT2D eigenvalue weighted by molar-refractivity contribution is -0.133. The van der Waals surface area contributed by atoms with Gasteiger partial charge in [0.1, 0.15) is 0 Å². The average Bonchev–Trinajstić information content (AvgIpc) is 3.28. The van der Waals surface area contributed by atoms with E-state index in [9.17, 15) is 4.79 Å². The zero-order chi connectivity index (χ0) is 14.5. The molecule has 0 heterocycles. The SMILES string of the molecule is CCC(CN)CC(=O)N(Cc1ccc(C)cc1)C1CC1. The van der Waals surface area contributed by atoms with Gasteiger partial charge in [-0.2, -0.15) is 0 Å². The van der Waals surface area contributed by atoms with Crippen molar-refractivity contribution in [1.29, 1.82) is 0 Å². The molecule has 20 heavy (non-hydrogen) atoms. The fourth-order valence-electron chi connectivity index (χ4n) is 2.46. The Morgan fingerprint density at radius 1 is 1.35 bits per heavy atom. The Labute approximate surface area is 122 Å². The first kappa shape index (κ1) is 15.0. The standard InChI is InChI=1S/C17H26N2O/c1-3-14(11-18)10-17(20)19(16-8-9-16)12-15-6-4-13(2)5-7-15/h4-7,14,16H,3,8-12,18H2,1-2H3. The lowest BCUT2D eigenvalue weighted by Crippen LogP contribution is -2.34. The fourth-order valence-corrected chi connectivity index (χ4v) is 2.46. The highest BCUT2D eigenvalue weighted by molar-refractivity contribution is 5.77. The van der Waals surface area contributed by atoms with E-state index < -0.39 is 0 Å². The largest absolute Gasteiger partial charge is 0.335 e. The van der Waals surface area contributed by atoms with Crippen molar-refractivity contribution in [1.82, 2.24) is 4.90 Å². The predicted molar refractivity (Wildman–Crippen MR) is 82.2 cm³/mol. The van der Waals surface area contributed by atoms with Crippen molar-refractivity contribution < 1.29 is 4.79 Å². The molecule has 110 valence electrons. The Morgan fingerprint density at radius 3 is 2.50 bits per heavy atom. The van der Waals surface area contributed by atoms with Crippen LogP contribution in [-0.2, 0) is 11.3 Å². The number of hydrogen-bond donors (Lipinski definition) is 1. The minimum absolute atomic E-state index is 0.269. The maximum atomic E-state index is 12.5. The molecule has 1 aliphatic rings. The Bertz CT molecular complexity index is 433. The second kappa shape index (κ2) is 6.89. The Hall–Kier alpha value is -1.35. The number of nitrogens with zero attached hydrogens (tertiary/aromatic N) is 1. The molecule has 0 aliphatic heterocycles. The maximum Gasteiger partial charge on any atom is 0.223 e. The van der Waals surface area contributed by atoms with Crippen LogP contribution in [0.2, 0.25) is 0 Å². The molecule has 1 unspecified atom stereocenters. The van der Waals surface area contributed by atoms with Crippen LogP contribution in [0.4, 0.5) is 0 Å². The van der Waals surface area contributed by atoms with Gasteiger partial charge >= 0.3 is 0 Å². The number of amides is 1. The van der Waals surface area contributed by atoms with Crippen LogP contribution >= 0.6 is 0 Å². The third-order valence-electron chi connectivity index (χ3n) is 4.16. The molecule has 0 saturated heterocycles. The summed E-state index contributed by atoms with van der Waals surface area (Å²) >= 11 is 0. The summed E-state index contributed by atoms with van der Waals surface area (Å²) in [5.41, 5.74) is 8.20. The van der Waals surface area contributed by atoms with Gasteiger partial charge in [0.2, 0.25) is 5.91 Å². The molecule has 1 aromatic carbocycles. The smallest absolute Gasteiger partial charge is 0.223 e. The van der Waals surface area contributed by atoms with Gasteiger partial charge in [-0.1, -0.05) is 43.2 Å². The quantitative estimate of drug-likeness (QED) is 0.831. The van der Waals surface area contributed by atoms with Crippen molar-refractivity contribution >= 4 is 5.91 Å². The molecule has 0 aromatic heterocycles. The molecule has 0 radical (unpaired) electrons. The highest BCUT2D eigenvalue weighted by Gasteiger charge is 2.32. The van der Waals surface area contributed by atoms with E-state index in [1.807, 2.05) is 0 Å². The van der Waals surface area contributed by atoms with Crippen LogP contribution in [0.15, 0.2) is 24.3 Å². The molecule has 1 fully saturated rings. The molecular weight excluding hydrogens is 248 g/mol. The fraction of sp³-hybridized carbons (Fsp3) is 0.588. The zero-order valence-electron chi connectivity index (χ0n) is 12.6. The third-order valence-corrected chi connectivity index (χ3v) is 4.16. The zero-order valence-corrected chi connectivity index (χ0v) is 12.6. The van der Waals surface area contributed by atoms with E-state index >= 15 is 0 Å². The van der Waals surface area contributed by atoms with Crippen LogP contribution < -0.4 is 5.73 Å². The van der Waals surface area contributed by atoms with E-state index in [1.165, 1.54) is 11.1 Å². The second-order valence-electron chi connectivity index (χ2n) is 5.95. The summed E-state index contributed by atoms with van der Waals surface area (Å²) in [5, 5.41) is 0. The van der Waals surface area contributed by atoms with Crippen molar-refractivity contribution in [3.8, 4) is 0 Å². The van der Waals surface area contributed by atoms with Crippen LogP contribution in [-0.4, -0.2) is 23.4 Å². The summed E-state index contributed by atoms with van der Waals surface area (Å²) < 4.78 is 0. The van der Waals surface area contributed by atoms with Gasteiger partial charge in [0, 0.05) is 19.0 Å². The molecular formula is C17H26N2O. The Kier molecular flexibility index (Phi) is 5.18. The lowest BCUT2D eigenvalue weighted by Gasteiger charge is -2.24. The van der Waals surface area contributed by atoms with E-state index in [1.54, 1.807) is 0 Å². The first-order valence-electron chi connectivity index (χ1n) is 7.69. The number of carbonyl (C=O) groups excluding carboxylic acids is 1. The van der Waals surface area contributed by atoms with Gasteiger partial charge in [0.25, 0.3) is 0 Å². The normalized spacial score (nSPS) is 15.9. The monoisotopic (exact) mass is 274 g/mol. The minimum atomic E-state index is 0.269. The van der Waals surface area contributed by atoms with E-state index in [-0.39, 0.29) is 5.91 Å². The molecule has 3 heteroatoms. The van der Waals surface area contributed by atoms with E-state index in [0.29, 0.717) is 24.9 Å². The van der Waals surface area contributed by atoms with E-state index in [2.05, 4.69) is 43.0 Å². The van der Waals surface area contributed by atoms with Crippen molar-refractivity contribution in [2.45, 2.75) is 52.1 Å². The molecule has 0 spiro atoms. The van der Waals surface area contributed by atoms with Crippen molar-refractivity contribution in [2.24, 2.45) is 11.7 Å². The van der Waals surface area contributed by atoms with Gasteiger partial charge in [-0.05, 0) is 37.8 Å². The molecule has 1 atom stereocenters. The first-order valence-corrected chi connectivity index (χ1v) is 7.69. The first-order chi connectivity index (χ1) is 9.63. The van der Waals surface area contributed by atoms with Gasteiger partial charge in [-0.3, -0.25) is 4.79 Å². The molecule has 1 saturated carbocycles. The summed E-state index contributed by atoms with van der Waals surface area (Å²) in [4.78, 5) is 14.6. The van der Waals surface area contributed by atoms with Crippen molar-refractivity contribution in [3.63, 3.8) is 0 Å². The number of rotatable bonds is 7. The van der Waals surface area contributed by atoms with Gasteiger partial charge in [-0.25, -0.2) is 0 Å². The van der Waals surface area contributed by atoms with Gasteiger partial charge in [0.15, 0.2) is 0 Å². The topological polar surface area (TPSA) is 46.3 Å². The van der Waals surface area contributed by atoms with Crippen molar-refractivity contribution in [2.75, 3.05) is 6.54 Å². The number of carbonyl (C=O) groups is 1. The lowest BCUT2D eigenvalue weighted by atomic mass is 10.0. The maximum absolute atomic E-state index is 12.5. The summed E-state index contributed by atoms with van der Waals surface area (Å²) in [6.07, 6.45) is 3.87. The summed E-state index contributed by atoms with van der Waals surface area (Å²) in [6, 6.07) is 8.93. The van der Waals surface area contributed by atoms with Gasteiger partial charge in [0.05, 0.1) is 0 Å². The van der Waals surface area contributed by atoms with Gasteiger partial charge in [-0.15, -0.1) is 0 Å². The predicted octanol–water partition coefficient (Wildman–Crippen LogP) is 2.86. The number of hydrogen-bond acceptors (Lipinski definition) is 2. The van der Waals surface area contributed by atoms with E-state index in [0.717, 1.165) is 25.8 Å². The molecule has 1 aliphatic carbocycles. The number of benzene rings is 1. The highest BCUT2D eigenvalue weighted by Crippen LogP contribution is 2.29. The molecule has 3 nitrogen and oxygen atoms in total. The molecule has 1 amide bonds. The summed E-state index contributed by atoms with van der Waals surface area (Å²) in [7, 11) is 0. The summed E-state index contributed by atoms with van der Waals surface area (Å²) in [6.45, 7) is 5.53. The number of aryl methyl sites for hydroxylation is 1. The highest BCUT2D eigenvalue weighted by atomic mass is 16.2. The molecule has 2 N–H and O–H groups in total. The van der Waals surface area contributed by atoms with E-state index in [4.69, 9.17) is 5.73 Å². The number of nitrogens with two attached hydrogens (primary N) is 1. The van der Waals surface area contributed by atoms with Crippen LogP contribution in [0.3, 0.4) is 0 Å². The van der Waals surface area contributed by atoms with Gasteiger partial charge < -0.3 is 10.6 Å². The Morgan fingerprint density at radius 2 is 2.00 bits per heavy atom. The molecule has 1 aromatic rings.